The van der Waals surface area contributed by atoms with E-state index in [1.54, 1.807) is 6.08 Å². The summed E-state index contributed by atoms with van der Waals surface area (Å²) < 4.78 is 0. The maximum absolute atomic E-state index is 9.70. The van der Waals surface area contributed by atoms with Crippen molar-refractivity contribution in [3.05, 3.63) is 107 Å². The predicted molar refractivity (Wildman–Crippen MR) is 128 cm³/mol. The molecular formula is C27H27N3. The Kier molecular flexibility index (Phi) is 6.72. The van der Waals surface area contributed by atoms with Gasteiger partial charge in [0, 0.05) is 22.8 Å². The first kappa shape index (κ1) is 21.0. The number of hydrogen-bond acceptors (Lipinski definition) is 2. The molecule has 1 aromatic heterocycles. The number of rotatable bonds is 7. The second-order valence-electron chi connectivity index (χ2n) is 7.08. The molecule has 2 N–H and O–H groups in total. The number of fused-ring (bicyclic) bond motifs is 1. The summed E-state index contributed by atoms with van der Waals surface area (Å²) in [6, 6.07) is 16.9. The summed E-state index contributed by atoms with van der Waals surface area (Å²) in [6.07, 6.45) is 10.7. The highest BCUT2D eigenvalue weighted by Crippen LogP contribution is 2.28. The van der Waals surface area contributed by atoms with Crippen molar-refractivity contribution in [3.63, 3.8) is 0 Å². The van der Waals surface area contributed by atoms with Crippen molar-refractivity contribution in [2.75, 3.05) is 5.32 Å². The Morgan fingerprint density at radius 3 is 2.77 bits per heavy atom. The van der Waals surface area contributed by atoms with Gasteiger partial charge < -0.3 is 10.3 Å². The molecule has 0 unspecified atom stereocenters. The number of aromatic amines is 1. The third kappa shape index (κ3) is 4.45. The van der Waals surface area contributed by atoms with Crippen molar-refractivity contribution >= 4 is 22.7 Å². The minimum Gasteiger partial charge on any atom is -0.361 e. The second-order valence-corrected chi connectivity index (χ2v) is 7.08. The zero-order valence-electron chi connectivity index (χ0n) is 17.8. The van der Waals surface area contributed by atoms with Crippen LogP contribution in [0.4, 0.5) is 5.69 Å². The highest BCUT2D eigenvalue weighted by molar-refractivity contribution is 5.88. The number of benzene rings is 2. The van der Waals surface area contributed by atoms with Crippen LogP contribution < -0.4 is 5.32 Å². The van der Waals surface area contributed by atoms with Gasteiger partial charge in [-0.05, 0) is 66.8 Å². The van der Waals surface area contributed by atoms with E-state index in [9.17, 15) is 5.26 Å². The Balaban J connectivity index is 2.01. The molecule has 0 spiro atoms. The van der Waals surface area contributed by atoms with Crippen molar-refractivity contribution in [1.82, 2.24) is 4.98 Å². The average Bonchev–Trinajstić information content (AvgIpc) is 3.26. The third-order valence-corrected chi connectivity index (χ3v) is 5.27. The van der Waals surface area contributed by atoms with Crippen LogP contribution in [0.3, 0.4) is 0 Å². The van der Waals surface area contributed by atoms with Crippen molar-refractivity contribution in [1.29, 1.82) is 5.26 Å². The molecule has 3 aromatic rings. The van der Waals surface area contributed by atoms with Crippen LogP contribution in [-0.2, 0) is 6.42 Å². The first-order valence-electron chi connectivity index (χ1n) is 10.2. The van der Waals surface area contributed by atoms with Crippen LogP contribution in [0.25, 0.3) is 17.0 Å². The summed E-state index contributed by atoms with van der Waals surface area (Å²) in [7, 11) is 0. The van der Waals surface area contributed by atoms with Gasteiger partial charge in [0.1, 0.15) is 6.07 Å². The molecule has 0 saturated carbocycles. The lowest BCUT2D eigenvalue weighted by molar-refractivity contribution is 1.14. The Labute approximate surface area is 178 Å². The van der Waals surface area contributed by atoms with E-state index < -0.39 is 0 Å². The van der Waals surface area contributed by atoms with Gasteiger partial charge >= 0.3 is 0 Å². The van der Waals surface area contributed by atoms with Gasteiger partial charge in [-0.1, -0.05) is 56.0 Å². The number of hydrogen-bond donors (Lipinski definition) is 2. The van der Waals surface area contributed by atoms with E-state index in [0.29, 0.717) is 5.57 Å². The van der Waals surface area contributed by atoms with Crippen LogP contribution in [0.5, 0.6) is 0 Å². The van der Waals surface area contributed by atoms with Crippen molar-refractivity contribution in [2.24, 2.45) is 0 Å². The van der Waals surface area contributed by atoms with Crippen LogP contribution >= 0.6 is 0 Å². The largest absolute Gasteiger partial charge is 0.361 e. The van der Waals surface area contributed by atoms with Gasteiger partial charge in [0.2, 0.25) is 0 Å². The minimum absolute atomic E-state index is 0.503. The van der Waals surface area contributed by atoms with Crippen LogP contribution in [-0.4, -0.2) is 4.98 Å². The standard InChI is InChI=1S/C27H27N3/c1-5-20-9-8-10-21(17-20)11-12-22(6-2)27(23(7-3)18-28)30-25-13-14-26-24(19(25)4)15-16-29-26/h6-17,29-30H,3,5H2,1-2,4H3/b12-11+,22-6-,27-23-. The molecule has 0 aliphatic rings. The van der Waals surface area contributed by atoms with E-state index in [2.05, 4.69) is 73.2 Å². The summed E-state index contributed by atoms with van der Waals surface area (Å²) in [5, 5.41) is 14.4. The van der Waals surface area contributed by atoms with E-state index in [-0.39, 0.29) is 0 Å². The minimum atomic E-state index is 0.503. The van der Waals surface area contributed by atoms with Crippen LogP contribution in [0.2, 0.25) is 0 Å². The zero-order chi connectivity index (χ0) is 21.5. The van der Waals surface area contributed by atoms with Crippen LogP contribution in [0.15, 0.2) is 90.3 Å². The van der Waals surface area contributed by atoms with Gasteiger partial charge in [-0.15, -0.1) is 0 Å². The quantitative estimate of drug-likeness (QED) is 0.333. The Morgan fingerprint density at radius 2 is 2.07 bits per heavy atom. The Morgan fingerprint density at radius 1 is 1.23 bits per heavy atom. The highest BCUT2D eigenvalue weighted by Gasteiger charge is 2.11. The lowest BCUT2D eigenvalue weighted by Crippen LogP contribution is -2.06. The molecule has 0 radical (unpaired) electrons. The lowest BCUT2D eigenvalue weighted by atomic mass is 10.0. The highest BCUT2D eigenvalue weighted by atomic mass is 14.9. The summed E-state index contributed by atoms with van der Waals surface area (Å²) in [5.74, 6) is 0. The first-order valence-corrected chi connectivity index (χ1v) is 10.2. The number of H-pyrrole nitrogens is 1. The molecule has 0 atom stereocenters. The molecule has 0 fully saturated rings. The van der Waals surface area contributed by atoms with Crippen LogP contribution in [0, 0.1) is 18.3 Å². The fourth-order valence-corrected chi connectivity index (χ4v) is 3.48. The van der Waals surface area contributed by atoms with Gasteiger partial charge in [-0.2, -0.15) is 5.26 Å². The number of nitrogens with zero attached hydrogens (tertiary/aromatic N) is 1. The van der Waals surface area contributed by atoms with E-state index in [0.717, 1.165) is 45.4 Å². The number of allylic oxidation sites excluding steroid dienone is 4. The van der Waals surface area contributed by atoms with E-state index in [1.165, 1.54) is 5.56 Å². The molecule has 0 bridgehead atoms. The smallest absolute Gasteiger partial charge is 0.101 e. The fourth-order valence-electron chi connectivity index (χ4n) is 3.48. The Hall–Kier alpha value is -3.77. The first-order chi connectivity index (χ1) is 14.6. The predicted octanol–water partition coefficient (Wildman–Crippen LogP) is 7.07. The monoisotopic (exact) mass is 393 g/mol. The summed E-state index contributed by atoms with van der Waals surface area (Å²) >= 11 is 0. The molecule has 3 heteroatoms. The number of aromatic nitrogens is 1. The summed E-state index contributed by atoms with van der Waals surface area (Å²) in [5.41, 5.74) is 7.80. The van der Waals surface area contributed by atoms with Gasteiger partial charge in [0.05, 0.1) is 11.3 Å². The molecule has 2 aromatic carbocycles. The molecule has 0 aliphatic carbocycles. The molecule has 0 amide bonds. The molecular weight excluding hydrogens is 366 g/mol. The molecule has 30 heavy (non-hydrogen) atoms. The van der Waals surface area contributed by atoms with E-state index >= 15 is 0 Å². The molecule has 1 heterocycles. The second kappa shape index (κ2) is 9.62. The maximum atomic E-state index is 9.70. The van der Waals surface area contributed by atoms with Gasteiger partial charge in [-0.25, -0.2) is 0 Å². The number of anilines is 1. The fraction of sp³-hybridized carbons (Fsp3) is 0.148. The molecule has 150 valence electrons. The van der Waals surface area contributed by atoms with E-state index in [1.807, 2.05) is 37.4 Å². The van der Waals surface area contributed by atoms with Gasteiger partial charge in [-0.3, -0.25) is 0 Å². The molecule has 0 aliphatic heterocycles. The van der Waals surface area contributed by atoms with Gasteiger partial charge in [0.15, 0.2) is 0 Å². The number of nitriles is 1. The third-order valence-electron chi connectivity index (χ3n) is 5.27. The van der Waals surface area contributed by atoms with Gasteiger partial charge in [0.25, 0.3) is 0 Å². The summed E-state index contributed by atoms with van der Waals surface area (Å²) in [4.78, 5) is 3.24. The molecule has 3 rings (SSSR count). The Bertz CT molecular complexity index is 1200. The van der Waals surface area contributed by atoms with Crippen molar-refractivity contribution < 1.29 is 0 Å². The number of aryl methyl sites for hydroxylation is 2. The normalized spacial score (nSPS) is 12.7. The topological polar surface area (TPSA) is 51.6 Å². The van der Waals surface area contributed by atoms with Crippen molar-refractivity contribution in [3.8, 4) is 6.07 Å². The van der Waals surface area contributed by atoms with Crippen LogP contribution in [0.1, 0.15) is 30.5 Å². The molecule has 3 nitrogen and oxygen atoms in total. The molecule has 0 saturated heterocycles. The van der Waals surface area contributed by atoms with E-state index in [4.69, 9.17) is 0 Å². The SMILES string of the molecule is C=C\C(C#N)=C(Nc1ccc2[nH]ccc2c1C)/C(=C\C)/C=C/c1cccc(CC)c1. The maximum Gasteiger partial charge on any atom is 0.101 e. The lowest BCUT2D eigenvalue weighted by Gasteiger charge is -2.16. The zero-order valence-corrected chi connectivity index (χ0v) is 17.8. The number of nitrogens with one attached hydrogen (secondary N) is 2. The summed E-state index contributed by atoms with van der Waals surface area (Å²) in [6.45, 7) is 10.0. The average molecular weight is 394 g/mol. The van der Waals surface area contributed by atoms with Crippen molar-refractivity contribution in [2.45, 2.75) is 27.2 Å².